The molecule has 3 rings (SSSR count). The first-order valence-corrected chi connectivity index (χ1v) is 8.12. The topological polar surface area (TPSA) is 32.3 Å². The number of hydrogen-bond donors (Lipinski definition) is 0. The maximum atomic E-state index is 4.83. The van der Waals surface area contributed by atoms with Crippen LogP contribution in [-0.4, -0.2) is 29.6 Å². The maximum Gasteiger partial charge on any atom is 0.232 e. The number of aryl methyl sites for hydroxylation is 2. The largest absolute Gasteiger partial charge is 0.356 e. The summed E-state index contributed by atoms with van der Waals surface area (Å²) < 4.78 is 0. The Labute approximate surface area is 132 Å². The van der Waals surface area contributed by atoms with Crippen LogP contribution in [0.3, 0.4) is 0 Å². The SMILES string of the molecule is CCN(c1cccc(C)c1)c1nc(C)cc(N2CCCC2)n1. The Morgan fingerprint density at radius 2 is 1.86 bits per heavy atom. The third-order valence-corrected chi connectivity index (χ3v) is 4.13. The van der Waals surface area contributed by atoms with Gasteiger partial charge >= 0.3 is 0 Å². The number of anilines is 3. The summed E-state index contributed by atoms with van der Waals surface area (Å²) in [6, 6.07) is 10.6. The summed E-state index contributed by atoms with van der Waals surface area (Å²) in [6.07, 6.45) is 2.52. The molecule has 0 aliphatic carbocycles. The van der Waals surface area contributed by atoms with Gasteiger partial charge in [-0.3, -0.25) is 0 Å². The predicted octanol–water partition coefficient (Wildman–Crippen LogP) is 3.85. The zero-order valence-electron chi connectivity index (χ0n) is 13.7. The van der Waals surface area contributed by atoms with Crippen LogP contribution in [-0.2, 0) is 0 Å². The lowest BCUT2D eigenvalue weighted by atomic mass is 10.2. The molecule has 0 spiro atoms. The van der Waals surface area contributed by atoms with Gasteiger partial charge in [-0.15, -0.1) is 0 Å². The van der Waals surface area contributed by atoms with Gasteiger partial charge in [0.25, 0.3) is 0 Å². The van der Waals surface area contributed by atoms with Crippen LogP contribution in [0.2, 0.25) is 0 Å². The van der Waals surface area contributed by atoms with E-state index in [4.69, 9.17) is 4.98 Å². The monoisotopic (exact) mass is 296 g/mol. The van der Waals surface area contributed by atoms with Gasteiger partial charge in [-0.25, -0.2) is 4.98 Å². The summed E-state index contributed by atoms with van der Waals surface area (Å²) in [5, 5.41) is 0. The van der Waals surface area contributed by atoms with E-state index < -0.39 is 0 Å². The molecule has 2 heterocycles. The molecule has 0 N–H and O–H groups in total. The highest BCUT2D eigenvalue weighted by Crippen LogP contribution is 2.26. The molecule has 2 aromatic rings. The third-order valence-electron chi connectivity index (χ3n) is 4.13. The molecule has 0 radical (unpaired) electrons. The van der Waals surface area contributed by atoms with Crippen molar-refractivity contribution in [1.82, 2.24) is 9.97 Å². The quantitative estimate of drug-likeness (QED) is 0.858. The summed E-state index contributed by atoms with van der Waals surface area (Å²) in [7, 11) is 0. The average Bonchev–Trinajstić information content (AvgIpc) is 3.02. The van der Waals surface area contributed by atoms with E-state index in [1.807, 2.05) is 0 Å². The third kappa shape index (κ3) is 3.06. The van der Waals surface area contributed by atoms with Gasteiger partial charge in [0, 0.05) is 37.1 Å². The highest BCUT2D eigenvalue weighted by molar-refractivity contribution is 5.60. The number of aromatic nitrogens is 2. The number of rotatable bonds is 4. The summed E-state index contributed by atoms with van der Waals surface area (Å²) in [6.45, 7) is 9.37. The van der Waals surface area contributed by atoms with Crippen LogP contribution in [0.15, 0.2) is 30.3 Å². The highest BCUT2D eigenvalue weighted by atomic mass is 15.3. The minimum Gasteiger partial charge on any atom is -0.356 e. The van der Waals surface area contributed by atoms with E-state index in [0.29, 0.717) is 0 Å². The molecule has 0 saturated carbocycles. The normalized spacial score (nSPS) is 14.4. The van der Waals surface area contributed by atoms with Crippen molar-refractivity contribution in [3.63, 3.8) is 0 Å². The maximum absolute atomic E-state index is 4.83. The van der Waals surface area contributed by atoms with Gasteiger partial charge in [-0.2, -0.15) is 4.98 Å². The van der Waals surface area contributed by atoms with E-state index >= 15 is 0 Å². The summed E-state index contributed by atoms with van der Waals surface area (Å²) >= 11 is 0. The minimum atomic E-state index is 0.801. The van der Waals surface area contributed by atoms with Crippen molar-refractivity contribution in [3.05, 3.63) is 41.6 Å². The van der Waals surface area contributed by atoms with E-state index in [1.165, 1.54) is 18.4 Å². The molecule has 0 unspecified atom stereocenters. The summed E-state index contributed by atoms with van der Waals surface area (Å²) in [4.78, 5) is 14.0. The number of nitrogens with zero attached hydrogens (tertiary/aromatic N) is 4. The van der Waals surface area contributed by atoms with E-state index in [0.717, 1.165) is 42.8 Å². The van der Waals surface area contributed by atoms with Gasteiger partial charge < -0.3 is 9.80 Å². The van der Waals surface area contributed by atoms with Crippen LogP contribution in [0, 0.1) is 13.8 Å². The molecule has 0 amide bonds. The molecule has 116 valence electrons. The van der Waals surface area contributed by atoms with E-state index in [1.54, 1.807) is 0 Å². The van der Waals surface area contributed by atoms with Crippen molar-refractivity contribution >= 4 is 17.5 Å². The van der Waals surface area contributed by atoms with Crippen molar-refractivity contribution in [2.24, 2.45) is 0 Å². The van der Waals surface area contributed by atoms with Crippen molar-refractivity contribution in [2.75, 3.05) is 29.4 Å². The number of hydrogen-bond acceptors (Lipinski definition) is 4. The fourth-order valence-electron chi connectivity index (χ4n) is 3.00. The van der Waals surface area contributed by atoms with Gasteiger partial charge in [-0.1, -0.05) is 12.1 Å². The zero-order valence-corrected chi connectivity index (χ0v) is 13.7. The van der Waals surface area contributed by atoms with Gasteiger partial charge in [0.05, 0.1) is 0 Å². The van der Waals surface area contributed by atoms with Crippen LogP contribution >= 0.6 is 0 Å². The molecular weight excluding hydrogens is 272 g/mol. The lowest BCUT2D eigenvalue weighted by molar-refractivity contribution is 0.887. The van der Waals surface area contributed by atoms with Crippen molar-refractivity contribution < 1.29 is 0 Å². The molecule has 1 aliphatic rings. The smallest absolute Gasteiger partial charge is 0.232 e. The average molecular weight is 296 g/mol. The van der Waals surface area contributed by atoms with Gasteiger partial charge in [0.2, 0.25) is 5.95 Å². The first-order valence-electron chi connectivity index (χ1n) is 8.12. The second-order valence-corrected chi connectivity index (χ2v) is 5.94. The molecule has 22 heavy (non-hydrogen) atoms. The Morgan fingerprint density at radius 3 is 2.55 bits per heavy atom. The van der Waals surface area contributed by atoms with Gasteiger partial charge in [0.1, 0.15) is 5.82 Å². The fourth-order valence-corrected chi connectivity index (χ4v) is 3.00. The Morgan fingerprint density at radius 1 is 1.09 bits per heavy atom. The Bertz CT molecular complexity index is 647. The first-order chi connectivity index (χ1) is 10.7. The Balaban J connectivity index is 1.98. The predicted molar refractivity (Wildman–Crippen MR) is 92.1 cm³/mol. The number of benzene rings is 1. The molecule has 0 bridgehead atoms. The van der Waals surface area contributed by atoms with Crippen LogP contribution in [0.5, 0.6) is 0 Å². The van der Waals surface area contributed by atoms with Crippen LogP contribution in [0.1, 0.15) is 31.0 Å². The molecular formula is C18H24N4. The molecule has 1 aliphatic heterocycles. The standard InChI is InChI=1S/C18H24N4/c1-4-22(16-9-7-8-14(2)12-16)18-19-15(3)13-17(20-18)21-10-5-6-11-21/h7-9,12-13H,4-6,10-11H2,1-3H3. The van der Waals surface area contributed by atoms with Gasteiger partial charge in [-0.05, 0) is 51.3 Å². The highest BCUT2D eigenvalue weighted by Gasteiger charge is 2.17. The Hall–Kier alpha value is -2.10. The van der Waals surface area contributed by atoms with Crippen LogP contribution in [0.4, 0.5) is 17.5 Å². The summed E-state index contributed by atoms with van der Waals surface area (Å²) in [5.74, 6) is 1.86. The molecule has 1 aromatic carbocycles. The summed E-state index contributed by atoms with van der Waals surface area (Å²) in [5.41, 5.74) is 3.43. The van der Waals surface area contributed by atoms with Crippen molar-refractivity contribution in [3.8, 4) is 0 Å². The molecule has 4 nitrogen and oxygen atoms in total. The van der Waals surface area contributed by atoms with E-state index in [9.17, 15) is 0 Å². The van der Waals surface area contributed by atoms with E-state index in [2.05, 4.69) is 65.9 Å². The Kier molecular flexibility index (Phi) is 4.27. The molecule has 4 heteroatoms. The van der Waals surface area contributed by atoms with E-state index in [-0.39, 0.29) is 0 Å². The lowest BCUT2D eigenvalue weighted by Crippen LogP contribution is -2.23. The minimum absolute atomic E-state index is 0.801. The van der Waals surface area contributed by atoms with Crippen LogP contribution in [0.25, 0.3) is 0 Å². The molecule has 1 aromatic heterocycles. The second kappa shape index (κ2) is 6.34. The molecule has 1 fully saturated rings. The fraction of sp³-hybridized carbons (Fsp3) is 0.444. The zero-order chi connectivity index (χ0) is 15.5. The lowest BCUT2D eigenvalue weighted by Gasteiger charge is -2.24. The second-order valence-electron chi connectivity index (χ2n) is 5.94. The molecule has 1 saturated heterocycles. The first kappa shape index (κ1) is 14.8. The van der Waals surface area contributed by atoms with Crippen LogP contribution < -0.4 is 9.80 Å². The van der Waals surface area contributed by atoms with Gasteiger partial charge in [0.15, 0.2) is 0 Å². The van der Waals surface area contributed by atoms with Crippen molar-refractivity contribution in [2.45, 2.75) is 33.6 Å². The molecule has 0 atom stereocenters. The van der Waals surface area contributed by atoms with Crippen molar-refractivity contribution in [1.29, 1.82) is 0 Å².